The van der Waals surface area contributed by atoms with Gasteiger partial charge in [-0.25, -0.2) is 4.98 Å². The Hall–Kier alpha value is -1.65. The van der Waals surface area contributed by atoms with E-state index in [-0.39, 0.29) is 12.6 Å². The highest BCUT2D eigenvalue weighted by molar-refractivity contribution is 5.19. The van der Waals surface area contributed by atoms with Crippen LogP contribution in [0.25, 0.3) is 0 Å². The van der Waals surface area contributed by atoms with Crippen LogP contribution in [-0.2, 0) is 13.1 Å². The van der Waals surface area contributed by atoms with Gasteiger partial charge in [0.25, 0.3) is 0 Å². The maximum atomic E-state index is 9.49. The molecule has 1 aromatic heterocycles. The molecule has 0 fully saturated rings. The molecule has 102 valence electrons. The normalized spacial score (nSPS) is 12.5. The van der Waals surface area contributed by atoms with Crippen LogP contribution in [0.3, 0.4) is 0 Å². The first-order valence-corrected chi connectivity index (χ1v) is 6.74. The zero-order chi connectivity index (χ0) is 13.5. The van der Waals surface area contributed by atoms with Crippen molar-refractivity contribution in [3.8, 4) is 0 Å². The molecule has 0 saturated heterocycles. The van der Waals surface area contributed by atoms with E-state index in [1.165, 1.54) is 0 Å². The quantitative estimate of drug-likeness (QED) is 0.800. The summed E-state index contributed by atoms with van der Waals surface area (Å²) < 4.78 is 2.15. The minimum Gasteiger partial charge on any atom is -0.394 e. The lowest BCUT2D eigenvalue weighted by Gasteiger charge is -2.17. The number of nitrogens with one attached hydrogen (secondary N) is 1. The zero-order valence-corrected chi connectivity index (χ0v) is 11.3. The second-order valence-corrected chi connectivity index (χ2v) is 4.56. The van der Waals surface area contributed by atoms with Crippen LogP contribution in [-0.4, -0.2) is 21.3 Å². The number of aryl methyl sites for hydroxylation is 1. The summed E-state index contributed by atoms with van der Waals surface area (Å²) in [7, 11) is 0. The fraction of sp³-hybridized carbons (Fsp3) is 0.400. The largest absolute Gasteiger partial charge is 0.394 e. The predicted molar refractivity (Wildman–Crippen MR) is 75.6 cm³/mol. The third-order valence-corrected chi connectivity index (χ3v) is 3.16. The van der Waals surface area contributed by atoms with E-state index in [0.717, 1.165) is 24.4 Å². The Balaban J connectivity index is 1.98. The molecule has 0 aliphatic carbocycles. The van der Waals surface area contributed by atoms with Crippen LogP contribution in [0.15, 0.2) is 42.7 Å². The molecule has 0 aliphatic rings. The molecule has 19 heavy (non-hydrogen) atoms. The van der Waals surface area contributed by atoms with Crippen molar-refractivity contribution in [2.24, 2.45) is 0 Å². The lowest BCUT2D eigenvalue weighted by molar-refractivity contribution is 0.242. The van der Waals surface area contributed by atoms with Crippen LogP contribution in [0, 0.1) is 0 Å². The molecule has 2 aromatic rings. The first-order chi connectivity index (χ1) is 9.35. The number of nitrogens with zero attached hydrogens (tertiary/aromatic N) is 2. The van der Waals surface area contributed by atoms with Crippen molar-refractivity contribution >= 4 is 0 Å². The van der Waals surface area contributed by atoms with Gasteiger partial charge in [0, 0.05) is 18.9 Å². The summed E-state index contributed by atoms with van der Waals surface area (Å²) in [5.74, 6) is 1.01. The Labute approximate surface area is 114 Å². The van der Waals surface area contributed by atoms with E-state index in [2.05, 4.69) is 21.8 Å². The van der Waals surface area contributed by atoms with Crippen molar-refractivity contribution in [2.45, 2.75) is 32.5 Å². The first-order valence-electron chi connectivity index (χ1n) is 6.74. The van der Waals surface area contributed by atoms with Crippen molar-refractivity contribution in [2.75, 3.05) is 6.61 Å². The average Bonchev–Trinajstić information content (AvgIpc) is 2.89. The standard InChI is InChI=1S/C15H21N3O/c1-2-9-18-10-8-16-15(18)11-17-14(12-19)13-6-4-3-5-7-13/h3-8,10,14,17,19H,2,9,11-12H2,1H3/t14-/m1/s1. The van der Waals surface area contributed by atoms with Crippen LogP contribution in [0.2, 0.25) is 0 Å². The maximum absolute atomic E-state index is 9.49. The SMILES string of the molecule is CCCn1ccnc1CN[C@H](CO)c1ccccc1. The van der Waals surface area contributed by atoms with Crippen molar-refractivity contribution in [1.29, 1.82) is 0 Å². The molecular weight excluding hydrogens is 238 g/mol. The van der Waals surface area contributed by atoms with E-state index in [0.29, 0.717) is 6.54 Å². The van der Waals surface area contributed by atoms with E-state index in [9.17, 15) is 5.11 Å². The second kappa shape index (κ2) is 7.07. The van der Waals surface area contributed by atoms with E-state index < -0.39 is 0 Å². The highest BCUT2D eigenvalue weighted by Crippen LogP contribution is 2.12. The molecule has 1 aromatic carbocycles. The first kappa shape index (κ1) is 13.8. The van der Waals surface area contributed by atoms with Gasteiger partial charge in [-0.15, -0.1) is 0 Å². The molecule has 4 nitrogen and oxygen atoms in total. The summed E-state index contributed by atoms with van der Waals surface area (Å²) in [6.07, 6.45) is 4.91. The lowest BCUT2D eigenvalue weighted by Crippen LogP contribution is -2.25. The highest BCUT2D eigenvalue weighted by atomic mass is 16.3. The monoisotopic (exact) mass is 259 g/mol. The Morgan fingerprint density at radius 3 is 2.79 bits per heavy atom. The van der Waals surface area contributed by atoms with Crippen LogP contribution in [0.1, 0.15) is 30.8 Å². The van der Waals surface area contributed by atoms with Crippen LogP contribution in [0.5, 0.6) is 0 Å². The van der Waals surface area contributed by atoms with Crippen molar-refractivity contribution in [1.82, 2.24) is 14.9 Å². The van der Waals surface area contributed by atoms with E-state index in [1.807, 2.05) is 42.7 Å². The van der Waals surface area contributed by atoms with Gasteiger partial charge in [-0.05, 0) is 12.0 Å². The van der Waals surface area contributed by atoms with Gasteiger partial charge in [-0.2, -0.15) is 0 Å². The number of aromatic nitrogens is 2. The topological polar surface area (TPSA) is 50.1 Å². The van der Waals surface area contributed by atoms with E-state index in [4.69, 9.17) is 0 Å². The summed E-state index contributed by atoms with van der Waals surface area (Å²) >= 11 is 0. The number of imidazole rings is 1. The lowest BCUT2D eigenvalue weighted by atomic mass is 10.1. The van der Waals surface area contributed by atoms with E-state index in [1.54, 1.807) is 0 Å². The van der Waals surface area contributed by atoms with Gasteiger partial charge in [0.05, 0.1) is 19.2 Å². The summed E-state index contributed by atoms with van der Waals surface area (Å²) in [5, 5.41) is 12.8. The number of benzene rings is 1. The smallest absolute Gasteiger partial charge is 0.122 e. The Bertz CT molecular complexity index is 481. The Morgan fingerprint density at radius 1 is 1.32 bits per heavy atom. The van der Waals surface area contributed by atoms with Gasteiger partial charge in [0.2, 0.25) is 0 Å². The fourth-order valence-corrected chi connectivity index (χ4v) is 2.14. The highest BCUT2D eigenvalue weighted by Gasteiger charge is 2.10. The van der Waals surface area contributed by atoms with Crippen LogP contribution >= 0.6 is 0 Å². The number of aliphatic hydroxyl groups is 1. The van der Waals surface area contributed by atoms with Gasteiger partial charge in [0.1, 0.15) is 5.82 Å². The summed E-state index contributed by atoms with van der Waals surface area (Å²) in [6.45, 7) is 3.87. The molecule has 2 rings (SSSR count). The van der Waals surface area contributed by atoms with Crippen LogP contribution < -0.4 is 5.32 Å². The van der Waals surface area contributed by atoms with Crippen LogP contribution in [0.4, 0.5) is 0 Å². The predicted octanol–water partition coefficient (Wildman–Crippen LogP) is 2.12. The molecule has 0 bridgehead atoms. The molecule has 0 amide bonds. The molecule has 0 radical (unpaired) electrons. The van der Waals surface area contributed by atoms with E-state index >= 15 is 0 Å². The second-order valence-electron chi connectivity index (χ2n) is 4.56. The zero-order valence-electron chi connectivity index (χ0n) is 11.3. The maximum Gasteiger partial charge on any atom is 0.122 e. The molecule has 0 spiro atoms. The molecule has 4 heteroatoms. The van der Waals surface area contributed by atoms with Gasteiger partial charge in [0.15, 0.2) is 0 Å². The Morgan fingerprint density at radius 2 is 2.11 bits per heavy atom. The third-order valence-electron chi connectivity index (χ3n) is 3.16. The van der Waals surface area contributed by atoms with Gasteiger partial charge in [-0.3, -0.25) is 0 Å². The summed E-state index contributed by atoms with van der Waals surface area (Å²) in [6, 6.07) is 9.94. The number of hydrogen-bond donors (Lipinski definition) is 2. The van der Waals surface area contributed by atoms with Crippen molar-refractivity contribution in [3.63, 3.8) is 0 Å². The number of aliphatic hydroxyl groups excluding tert-OH is 1. The number of rotatable bonds is 7. The van der Waals surface area contributed by atoms with Gasteiger partial charge < -0.3 is 15.0 Å². The number of hydrogen-bond acceptors (Lipinski definition) is 3. The fourth-order valence-electron chi connectivity index (χ4n) is 2.14. The van der Waals surface area contributed by atoms with Crippen molar-refractivity contribution < 1.29 is 5.11 Å². The van der Waals surface area contributed by atoms with Crippen molar-refractivity contribution in [3.05, 3.63) is 54.1 Å². The minimum atomic E-state index is -0.0482. The molecule has 2 N–H and O–H groups in total. The molecule has 0 saturated carbocycles. The Kier molecular flexibility index (Phi) is 5.12. The summed E-state index contributed by atoms with van der Waals surface area (Å²) in [5.41, 5.74) is 1.10. The minimum absolute atomic E-state index is 0.0482. The molecule has 0 unspecified atom stereocenters. The van der Waals surface area contributed by atoms with Gasteiger partial charge >= 0.3 is 0 Å². The molecular formula is C15H21N3O. The third kappa shape index (κ3) is 3.66. The average molecular weight is 259 g/mol. The van der Waals surface area contributed by atoms with Gasteiger partial charge in [-0.1, -0.05) is 37.3 Å². The summed E-state index contributed by atoms with van der Waals surface area (Å²) in [4.78, 5) is 4.35. The molecule has 1 heterocycles. The molecule has 1 atom stereocenters. The molecule has 0 aliphatic heterocycles.